The van der Waals surface area contributed by atoms with Gasteiger partial charge in [0.15, 0.2) is 0 Å². The number of benzene rings is 2. The Bertz CT molecular complexity index is 934. The van der Waals surface area contributed by atoms with Gasteiger partial charge >= 0.3 is 5.69 Å². The van der Waals surface area contributed by atoms with E-state index in [0.29, 0.717) is 0 Å². The molecule has 0 aliphatic carbocycles. The highest BCUT2D eigenvalue weighted by Gasteiger charge is 2.26. The van der Waals surface area contributed by atoms with E-state index in [0.717, 1.165) is 20.3 Å². The van der Waals surface area contributed by atoms with Gasteiger partial charge in [0.2, 0.25) is 5.88 Å². The van der Waals surface area contributed by atoms with Crippen LogP contribution in [0.2, 0.25) is 0 Å². The summed E-state index contributed by atoms with van der Waals surface area (Å²) < 4.78 is 2.11. The van der Waals surface area contributed by atoms with Crippen molar-refractivity contribution >= 4 is 0 Å². The lowest BCUT2D eigenvalue weighted by Crippen LogP contribution is -2.39. The molecule has 0 amide bonds. The topological polar surface area (TPSA) is 64.2 Å². The third-order valence-electron chi connectivity index (χ3n) is 4.22. The molecule has 24 heavy (non-hydrogen) atoms. The van der Waals surface area contributed by atoms with Gasteiger partial charge in [-0.25, -0.2) is 4.79 Å². The van der Waals surface area contributed by atoms with Crippen LogP contribution in [0.3, 0.4) is 0 Å². The monoisotopic (exact) mass is 322 g/mol. The number of hydrogen-bond acceptors (Lipinski definition) is 3. The fourth-order valence-electron chi connectivity index (χ4n) is 2.93. The van der Waals surface area contributed by atoms with Crippen LogP contribution in [0.5, 0.6) is 5.88 Å². The van der Waals surface area contributed by atoms with Gasteiger partial charge in [0, 0.05) is 20.0 Å². The van der Waals surface area contributed by atoms with Gasteiger partial charge in [-0.05, 0) is 11.1 Å². The fraction of sp³-hybridized carbons (Fsp3) is 0.158. The highest BCUT2D eigenvalue weighted by atomic mass is 16.3. The second-order valence-electron chi connectivity index (χ2n) is 5.70. The number of aromatic nitrogens is 2. The normalized spacial score (nSPS) is 11.0. The number of aromatic hydroxyl groups is 1. The number of nitrogens with zero attached hydrogens (tertiary/aromatic N) is 2. The van der Waals surface area contributed by atoms with Crippen LogP contribution in [0.4, 0.5) is 0 Å². The van der Waals surface area contributed by atoms with Gasteiger partial charge in [0.1, 0.15) is 0 Å². The van der Waals surface area contributed by atoms with E-state index >= 15 is 0 Å². The molecule has 5 heteroatoms. The van der Waals surface area contributed by atoms with Gasteiger partial charge in [0.05, 0.1) is 5.56 Å². The average molecular weight is 322 g/mol. The van der Waals surface area contributed by atoms with Crippen molar-refractivity contribution in [3.63, 3.8) is 0 Å². The minimum absolute atomic E-state index is 0.192. The summed E-state index contributed by atoms with van der Waals surface area (Å²) in [6.45, 7) is 0. The van der Waals surface area contributed by atoms with Crippen molar-refractivity contribution in [1.29, 1.82) is 0 Å². The van der Waals surface area contributed by atoms with Crippen molar-refractivity contribution in [2.24, 2.45) is 14.1 Å². The molecule has 0 aliphatic heterocycles. The molecule has 0 radical (unpaired) electrons. The molecule has 1 aromatic heterocycles. The van der Waals surface area contributed by atoms with Crippen LogP contribution in [0.25, 0.3) is 0 Å². The van der Waals surface area contributed by atoms with Crippen molar-refractivity contribution < 1.29 is 5.11 Å². The van der Waals surface area contributed by atoms with E-state index in [1.54, 1.807) is 0 Å². The summed E-state index contributed by atoms with van der Waals surface area (Å²) in [5, 5.41) is 10.5. The molecule has 0 aliphatic rings. The Labute approximate surface area is 139 Å². The zero-order chi connectivity index (χ0) is 17.3. The lowest BCUT2D eigenvalue weighted by atomic mass is 9.86. The molecule has 122 valence electrons. The Morgan fingerprint density at radius 1 is 0.792 bits per heavy atom. The zero-order valence-corrected chi connectivity index (χ0v) is 13.5. The standard InChI is InChI=1S/C19H18N2O3/c1-20-17(22)16(18(23)21(2)19(20)24)15(13-9-5-3-6-10-13)14-11-7-4-8-12-14/h3-12,15,22H,1-2H3. The summed E-state index contributed by atoms with van der Waals surface area (Å²) in [7, 11) is 2.87. The van der Waals surface area contributed by atoms with E-state index in [1.165, 1.54) is 14.1 Å². The third kappa shape index (κ3) is 2.54. The highest BCUT2D eigenvalue weighted by molar-refractivity contribution is 5.45. The quantitative estimate of drug-likeness (QED) is 0.802. The van der Waals surface area contributed by atoms with E-state index in [9.17, 15) is 14.7 Å². The van der Waals surface area contributed by atoms with E-state index in [4.69, 9.17) is 0 Å². The minimum Gasteiger partial charge on any atom is -0.494 e. The molecule has 0 bridgehead atoms. The van der Waals surface area contributed by atoms with Crippen LogP contribution < -0.4 is 11.2 Å². The second-order valence-corrected chi connectivity index (χ2v) is 5.70. The molecule has 3 aromatic rings. The van der Waals surface area contributed by atoms with Crippen molar-refractivity contribution in [2.45, 2.75) is 5.92 Å². The molecule has 0 spiro atoms. The van der Waals surface area contributed by atoms with Crippen molar-refractivity contribution in [2.75, 3.05) is 0 Å². The molecule has 1 N–H and O–H groups in total. The summed E-state index contributed by atoms with van der Waals surface area (Å²) >= 11 is 0. The molecule has 0 unspecified atom stereocenters. The average Bonchev–Trinajstić information content (AvgIpc) is 2.63. The van der Waals surface area contributed by atoms with Crippen LogP contribution >= 0.6 is 0 Å². The van der Waals surface area contributed by atoms with Crippen LogP contribution in [0, 0.1) is 0 Å². The summed E-state index contributed by atoms with van der Waals surface area (Å²) in [5.41, 5.74) is 0.885. The number of rotatable bonds is 3. The van der Waals surface area contributed by atoms with Crippen molar-refractivity contribution in [3.8, 4) is 5.88 Å². The first-order valence-corrected chi connectivity index (χ1v) is 7.61. The Kier molecular flexibility index (Phi) is 4.08. The summed E-state index contributed by atoms with van der Waals surface area (Å²) in [5.74, 6) is -0.765. The first-order valence-electron chi connectivity index (χ1n) is 7.61. The maximum absolute atomic E-state index is 12.7. The van der Waals surface area contributed by atoms with Gasteiger partial charge in [0.25, 0.3) is 5.56 Å². The van der Waals surface area contributed by atoms with E-state index in [2.05, 4.69) is 0 Å². The molecule has 0 saturated heterocycles. The first-order chi connectivity index (χ1) is 11.5. The van der Waals surface area contributed by atoms with Gasteiger partial charge in [-0.15, -0.1) is 0 Å². The smallest absolute Gasteiger partial charge is 0.333 e. The Balaban J connectivity index is 2.37. The summed E-state index contributed by atoms with van der Waals surface area (Å²) in [6.07, 6.45) is 0. The van der Waals surface area contributed by atoms with Gasteiger partial charge < -0.3 is 5.11 Å². The van der Waals surface area contributed by atoms with E-state index < -0.39 is 17.2 Å². The Morgan fingerprint density at radius 2 is 1.25 bits per heavy atom. The fourth-order valence-corrected chi connectivity index (χ4v) is 2.93. The lowest BCUT2D eigenvalue weighted by Gasteiger charge is -2.20. The van der Waals surface area contributed by atoms with Crippen molar-refractivity contribution in [1.82, 2.24) is 9.13 Å². The summed E-state index contributed by atoms with van der Waals surface area (Å²) in [6, 6.07) is 18.9. The first kappa shape index (κ1) is 15.8. The molecular formula is C19H18N2O3. The minimum atomic E-state index is -0.555. The van der Waals surface area contributed by atoms with Gasteiger partial charge in [-0.1, -0.05) is 60.7 Å². The SMILES string of the molecule is Cn1c(O)c(C(c2ccccc2)c2ccccc2)c(=O)n(C)c1=O. The van der Waals surface area contributed by atoms with Crippen LogP contribution in [-0.2, 0) is 14.1 Å². The largest absolute Gasteiger partial charge is 0.494 e. The van der Waals surface area contributed by atoms with E-state index in [-0.39, 0.29) is 11.4 Å². The van der Waals surface area contributed by atoms with Crippen LogP contribution in [0.1, 0.15) is 22.6 Å². The Hall–Kier alpha value is -3.08. The highest BCUT2D eigenvalue weighted by Crippen LogP contribution is 2.33. The van der Waals surface area contributed by atoms with Crippen LogP contribution in [-0.4, -0.2) is 14.2 Å². The molecular weight excluding hydrogens is 304 g/mol. The predicted octanol–water partition coefficient (Wildman–Crippen LogP) is 1.97. The maximum Gasteiger partial charge on any atom is 0.333 e. The third-order valence-corrected chi connectivity index (χ3v) is 4.22. The molecule has 0 fully saturated rings. The summed E-state index contributed by atoms with van der Waals surface area (Å²) in [4.78, 5) is 24.8. The van der Waals surface area contributed by atoms with Gasteiger partial charge in [-0.2, -0.15) is 0 Å². The Morgan fingerprint density at radius 3 is 1.71 bits per heavy atom. The van der Waals surface area contributed by atoms with Crippen LogP contribution in [0.15, 0.2) is 70.3 Å². The van der Waals surface area contributed by atoms with Gasteiger partial charge in [-0.3, -0.25) is 13.9 Å². The lowest BCUT2D eigenvalue weighted by molar-refractivity contribution is 0.402. The van der Waals surface area contributed by atoms with E-state index in [1.807, 2.05) is 60.7 Å². The number of hydrogen-bond donors (Lipinski definition) is 1. The molecule has 1 heterocycles. The maximum atomic E-state index is 12.7. The second kappa shape index (κ2) is 6.20. The molecule has 5 nitrogen and oxygen atoms in total. The molecule has 3 rings (SSSR count). The predicted molar refractivity (Wildman–Crippen MR) is 92.4 cm³/mol. The molecule has 0 saturated carbocycles. The van der Waals surface area contributed by atoms with Crippen molar-refractivity contribution in [3.05, 3.63) is 98.2 Å². The molecule has 0 atom stereocenters. The molecule has 2 aromatic carbocycles. The zero-order valence-electron chi connectivity index (χ0n) is 13.5.